The van der Waals surface area contributed by atoms with Crippen LogP contribution in [0.3, 0.4) is 0 Å². The van der Waals surface area contributed by atoms with Crippen LogP contribution in [0, 0.1) is 5.92 Å². The van der Waals surface area contributed by atoms with Crippen molar-refractivity contribution in [3.63, 3.8) is 0 Å². The van der Waals surface area contributed by atoms with Crippen molar-refractivity contribution < 1.29 is 14.3 Å². The molecule has 0 aliphatic carbocycles. The topological polar surface area (TPSA) is 78.3 Å². The van der Waals surface area contributed by atoms with Crippen LogP contribution in [0.25, 0.3) is 17.1 Å². The molecule has 9 heteroatoms. The summed E-state index contributed by atoms with van der Waals surface area (Å²) in [6.07, 6.45) is 0. The molecule has 4 aromatic rings. The maximum atomic E-state index is 12.3. The average molecular weight is 511 g/mol. The van der Waals surface area contributed by atoms with Crippen LogP contribution in [-0.2, 0) is 4.79 Å². The number of halogens is 2. The Hall–Kier alpha value is -3.55. The lowest BCUT2D eigenvalue weighted by atomic mass is 10.2. The van der Waals surface area contributed by atoms with Crippen LogP contribution in [0.4, 0.5) is 5.69 Å². The van der Waals surface area contributed by atoms with E-state index in [1.807, 2.05) is 36.4 Å². The number of benzene rings is 3. The number of hydrogen-bond acceptors (Lipinski definition) is 5. The summed E-state index contributed by atoms with van der Waals surface area (Å²) >= 11 is 12.3. The number of nitrogens with one attached hydrogen (secondary N) is 1. The number of ether oxygens (including phenoxy) is 2. The number of aromatic nitrogens is 3. The third-order valence-electron chi connectivity index (χ3n) is 4.82. The Balaban J connectivity index is 1.53. The number of rotatable bonds is 9. The highest BCUT2D eigenvalue weighted by Gasteiger charge is 2.16. The second kappa shape index (κ2) is 11.3. The van der Waals surface area contributed by atoms with Gasteiger partial charge in [0.15, 0.2) is 12.4 Å². The van der Waals surface area contributed by atoms with Crippen molar-refractivity contribution in [1.82, 2.24) is 14.8 Å². The first kappa shape index (κ1) is 24.6. The molecule has 0 saturated heterocycles. The average Bonchev–Trinajstić information content (AvgIpc) is 3.29. The Bertz CT molecular complexity index is 1290. The van der Waals surface area contributed by atoms with Gasteiger partial charge in [-0.15, -0.1) is 5.10 Å². The molecule has 1 amide bonds. The van der Waals surface area contributed by atoms with Crippen molar-refractivity contribution in [3.05, 3.63) is 82.8 Å². The number of carbonyl (C=O) groups is 1. The van der Waals surface area contributed by atoms with E-state index in [4.69, 9.17) is 32.7 Å². The van der Waals surface area contributed by atoms with Gasteiger partial charge in [0.25, 0.3) is 5.91 Å². The lowest BCUT2D eigenvalue weighted by Crippen LogP contribution is -2.20. The Morgan fingerprint density at radius 3 is 2.40 bits per heavy atom. The molecule has 35 heavy (non-hydrogen) atoms. The molecule has 0 radical (unpaired) electrons. The van der Waals surface area contributed by atoms with Gasteiger partial charge < -0.3 is 14.8 Å². The van der Waals surface area contributed by atoms with Crippen LogP contribution in [0.5, 0.6) is 11.8 Å². The van der Waals surface area contributed by atoms with Gasteiger partial charge >= 0.3 is 6.01 Å². The summed E-state index contributed by atoms with van der Waals surface area (Å²) in [5.74, 6) is 1.25. The van der Waals surface area contributed by atoms with E-state index < -0.39 is 0 Å². The zero-order valence-electron chi connectivity index (χ0n) is 19.2. The SMILES string of the molecule is CC(C)COc1nc(-c2ccc(Cl)c(Cl)c2)n(-c2ccc(NC(=O)COc3ccccc3)cc2)n1. The van der Waals surface area contributed by atoms with Crippen molar-refractivity contribution in [3.8, 4) is 28.8 Å². The summed E-state index contributed by atoms with van der Waals surface area (Å²) in [7, 11) is 0. The molecule has 0 fully saturated rings. The maximum Gasteiger partial charge on any atom is 0.336 e. The van der Waals surface area contributed by atoms with E-state index in [-0.39, 0.29) is 18.5 Å². The summed E-state index contributed by atoms with van der Waals surface area (Å²) in [4.78, 5) is 16.8. The van der Waals surface area contributed by atoms with Gasteiger partial charge in [-0.3, -0.25) is 4.79 Å². The summed E-state index contributed by atoms with van der Waals surface area (Å²) in [5.41, 5.74) is 2.10. The fourth-order valence-electron chi connectivity index (χ4n) is 3.15. The Morgan fingerprint density at radius 2 is 1.71 bits per heavy atom. The smallest absolute Gasteiger partial charge is 0.336 e. The van der Waals surface area contributed by atoms with Crippen LogP contribution in [0.15, 0.2) is 72.8 Å². The molecule has 4 rings (SSSR count). The minimum absolute atomic E-state index is 0.0904. The lowest BCUT2D eigenvalue weighted by Gasteiger charge is -2.09. The van der Waals surface area contributed by atoms with Gasteiger partial charge in [-0.2, -0.15) is 4.98 Å². The van der Waals surface area contributed by atoms with E-state index in [0.29, 0.717) is 39.8 Å². The summed E-state index contributed by atoms with van der Waals surface area (Å²) < 4.78 is 12.9. The number of hydrogen-bond donors (Lipinski definition) is 1. The molecule has 0 saturated carbocycles. The largest absolute Gasteiger partial charge is 0.484 e. The first-order valence-corrected chi connectivity index (χ1v) is 11.8. The van der Waals surface area contributed by atoms with E-state index in [1.54, 1.807) is 41.1 Å². The molecule has 0 unspecified atom stereocenters. The minimum Gasteiger partial charge on any atom is -0.484 e. The van der Waals surface area contributed by atoms with E-state index >= 15 is 0 Å². The maximum absolute atomic E-state index is 12.3. The van der Waals surface area contributed by atoms with Crippen molar-refractivity contribution in [1.29, 1.82) is 0 Å². The van der Waals surface area contributed by atoms with E-state index in [2.05, 4.69) is 29.2 Å². The molecule has 1 aromatic heterocycles. The Labute approximate surface area is 213 Å². The van der Waals surface area contributed by atoms with Gasteiger partial charge in [-0.25, -0.2) is 4.68 Å². The fraction of sp³-hybridized carbons (Fsp3) is 0.192. The quantitative estimate of drug-likeness (QED) is 0.286. The number of amides is 1. The van der Waals surface area contributed by atoms with E-state index in [0.717, 1.165) is 11.3 Å². The van der Waals surface area contributed by atoms with Crippen LogP contribution >= 0.6 is 23.2 Å². The van der Waals surface area contributed by atoms with Crippen molar-refractivity contribution >= 4 is 34.8 Å². The molecule has 7 nitrogen and oxygen atoms in total. The number of anilines is 1. The predicted molar refractivity (Wildman–Crippen MR) is 138 cm³/mol. The van der Waals surface area contributed by atoms with E-state index in [9.17, 15) is 4.79 Å². The molecule has 1 heterocycles. The number of nitrogens with zero attached hydrogens (tertiary/aromatic N) is 3. The molecular formula is C26H24Cl2N4O3. The van der Waals surface area contributed by atoms with Gasteiger partial charge in [0.2, 0.25) is 0 Å². The predicted octanol–water partition coefficient (Wildman–Crippen LogP) is 6.29. The molecule has 0 aliphatic heterocycles. The van der Waals surface area contributed by atoms with Gasteiger partial charge in [0, 0.05) is 11.3 Å². The normalized spacial score (nSPS) is 10.9. The number of carbonyl (C=O) groups excluding carboxylic acids is 1. The zero-order valence-corrected chi connectivity index (χ0v) is 20.8. The van der Waals surface area contributed by atoms with Crippen LogP contribution in [0.2, 0.25) is 10.0 Å². The van der Waals surface area contributed by atoms with Crippen molar-refractivity contribution in [2.45, 2.75) is 13.8 Å². The van der Waals surface area contributed by atoms with Crippen molar-refractivity contribution in [2.75, 3.05) is 18.5 Å². The van der Waals surface area contributed by atoms with Gasteiger partial charge in [-0.05, 0) is 60.5 Å². The highest BCUT2D eigenvalue weighted by atomic mass is 35.5. The van der Waals surface area contributed by atoms with Gasteiger partial charge in [-0.1, -0.05) is 55.2 Å². The highest BCUT2D eigenvalue weighted by Crippen LogP contribution is 2.30. The third kappa shape index (κ3) is 6.53. The van der Waals surface area contributed by atoms with Crippen molar-refractivity contribution in [2.24, 2.45) is 5.92 Å². The molecule has 0 spiro atoms. The third-order valence-corrected chi connectivity index (χ3v) is 5.56. The molecule has 0 aliphatic rings. The fourth-order valence-corrected chi connectivity index (χ4v) is 3.44. The minimum atomic E-state index is -0.261. The molecule has 1 N–H and O–H groups in total. The van der Waals surface area contributed by atoms with E-state index in [1.165, 1.54) is 0 Å². The second-order valence-electron chi connectivity index (χ2n) is 8.16. The monoisotopic (exact) mass is 510 g/mol. The first-order valence-electron chi connectivity index (χ1n) is 11.0. The van der Waals surface area contributed by atoms with Crippen LogP contribution < -0.4 is 14.8 Å². The number of para-hydroxylation sites is 1. The molecular weight excluding hydrogens is 487 g/mol. The standard InChI is InChI=1S/C26H24Cl2N4O3/c1-17(2)15-35-26-30-25(18-8-13-22(27)23(28)14-18)32(31-26)20-11-9-19(10-12-20)29-24(33)16-34-21-6-4-3-5-7-21/h3-14,17H,15-16H2,1-2H3,(H,29,33). The molecule has 180 valence electrons. The molecule has 0 atom stereocenters. The summed E-state index contributed by atoms with van der Waals surface area (Å²) in [5, 5.41) is 8.23. The van der Waals surface area contributed by atoms with Gasteiger partial charge in [0.05, 0.1) is 22.3 Å². The summed E-state index contributed by atoms with van der Waals surface area (Å²) in [6, 6.07) is 21.9. The van der Waals surface area contributed by atoms with Crippen LogP contribution in [-0.4, -0.2) is 33.9 Å². The lowest BCUT2D eigenvalue weighted by molar-refractivity contribution is -0.118. The first-order chi connectivity index (χ1) is 16.9. The summed E-state index contributed by atoms with van der Waals surface area (Å²) in [6.45, 7) is 4.50. The van der Waals surface area contributed by atoms with Gasteiger partial charge in [0.1, 0.15) is 5.75 Å². The van der Waals surface area contributed by atoms with Crippen LogP contribution in [0.1, 0.15) is 13.8 Å². The highest BCUT2D eigenvalue weighted by molar-refractivity contribution is 6.42. The Kier molecular flexibility index (Phi) is 7.90. The molecule has 3 aromatic carbocycles. The Morgan fingerprint density at radius 1 is 0.971 bits per heavy atom. The second-order valence-corrected chi connectivity index (χ2v) is 8.97. The molecule has 0 bridgehead atoms. The zero-order chi connectivity index (χ0) is 24.8.